The number of nitrogens with one attached hydrogen (secondary N) is 1. The van der Waals surface area contributed by atoms with Crippen molar-refractivity contribution >= 4 is 29.0 Å². The summed E-state index contributed by atoms with van der Waals surface area (Å²) < 4.78 is 3.60. The van der Waals surface area contributed by atoms with Gasteiger partial charge < -0.3 is 5.32 Å². The molecule has 0 fully saturated rings. The normalized spacial score (nSPS) is 9.92. The van der Waals surface area contributed by atoms with Gasteiger partial charge in [-0.25, -0.2) is 0 Å². The lowest BCUT2D eigenvalue weighted by atomic mass is 10.3. The molecule has 1 aromatic heterocycles. The third-order valence-corrected chi connectivity index (χ3v) is 2.21. The first-order valence-electron chi connectivity index (χ1n) is 3.96. The predicted molar refractivity (Wildman–Crippen MR) is 52.2 cm³/mol. The zero-order valence-corrected chi connectivity index (χ0v) is 8.57. The third kappa shape index (κ3) is 3.69. The van der Waals surface area contributed by atoms with Gasteiger partial charge >= 0.3 is 0 Å². The van der Waals surface area contributed by atoms with Gasteiger partial charge in [0.15, 0.2) is 5.69 Å². The first kappa shape index (κ1) is 10.4. The average Bonchev–Trinajstić information content (AvgIpc) is 2.65. The number of unbranched alkanes of at least 4 members (excludes halogenated alkanes) is 1. The standard InChI is InChI=1S/C7H10ClN3OS/c8-3-1-2-4-9-7(12)6-5-13-11-10-6/h5H,1-4H2,(H,9,12). The molecule has 13 heavy (non-hydrogen) atoms. The van der Waals surface area contributed by atoms with E-state index in [1.165, 1.54) is 11.5 Å². The smallest absolute Gasteiger partial charge is 0.272 e. The summed E-state index contributed by atoms with van der Waals surface area (Å²) in [6, 6.07) is 0. The molecule has 4 nitrogen and oxygen atoms in total. The molecule has 0 aliphatic carbocycles. The largest absolute Gasteiger partial charge is 0.351 e. The Hall–Kier alpha value is -0.680. The van der Waals surface area contributed by atoms with Crippen molar-refractivity contribution in [2.75, 3.05) is 12.4 Å². The fourth-order valence-electron chi connectivity index (χ4n) is 0.776. The summed E-state index contributed by atoms with van der Waals surface area (Å²) in [4.78, 5) is 11.2. The molecule has 0 unspecified atom stereocenters. The third-order valence-electron chi connectivity index (χ3n) is 1.44. The van der Waals surface area contributed by atoms with Gasteiger partial charge in [0.05, 0.1) is 0 Å². The Bertz CT molecular complexity index is 252. The Morgan fingerprint density at radius 2 is 2.46 bits per heavy atom. The topological polar surface area (TPSA) is 54.9 Å². The molecule has 1 amide bonds. The minimum atomic E-state index is -0.164. The minimum absolute atomic E-state index is 0.164. The van der Waals surface area contributed by atoms with Crippen molar-refractivity contribution in [1.82, 2.24) is 14.9 Å². The summed E-state index contributed by atoms with van der Waals surface area (Å²) in [5.41, 5.74) is 0.385. The lowest BCUT2D eigenvalue weighted by Crippen LogP contribution is -2.24. The van der Waals surface area contributed by atoms with Gasteiger partial charge in [-0.05, 0) is 24.4 Å². The van der Waals surface area contributed by atoms with Crippen molar-refractivity contribution in [3.63, 3.8) is 0 Å². The van der Waals surface area contributed by atoms with E-state index in [1.807, 2.05) is 0 Å². The van der Waals surface area contributed by atoms with Gasteiger partial charge in [-0.1, -0.05) is 4.49 Å². The second-order valence-electron chi connectivity index (χ2n) is 2.44. The van der Waals surface area contributed by atoms with Crippen molar-refractivity contribution in [2.45, 2.75) is 12.8 Å². The van der Waals surface area contributed by atoms with Crippen LogP contribution in [-0.2, 0) is 0 Å². The van der Waals surface area contributed by atoms with Crippen molar-refractivity contribution in [1.29, 1.82) is 0 Å². The molecule has 1 rings (SSSR count). The Morgan fingerprint density at radius 1 is 1.62 bits per heavy atom. The molecule has 0 aromatic carbocycles. The summed E-state index contributed by atoms with van der Waals surface area (Å²) in [5.74, 6) is 0.469. The highest BCUT2D eigenvalue weighted by Crippen LogP contribution is 1.96. The van der Waals surface area contributed by atoms with E-state index in [2.05, 4.69) is 14.9 Å². The van der Waals surface area contributed by atoms with Gasteiger partial charge in [-0.2, -0.15) is 0 Å². The van der Waals surface area contributed by atoms with E-state index < -0.39 is 0 Å². The van der Waals surface area contributed by atoms with E-state index >= 15 is 0 Å². The van der Waals surface area contributed by atoms with Crippen molar-refractivity contribution in [3.8, 4) is 0 Å². The Labute approximate surface area is 85.5 Å². The number of hydrogen-bond acceptors (Lipinski definition) is 4. The molecule has 0 aliphatic rings. The summed E-state index contributed by atoms with van der Waals surface area (Å²) in [7, 11) is 0. The monoisotopic (exact) mass is 219 g/mol. The maximum Gasteiger partial charge on any atom is 0.272 e. The van der Waals surface area contributed by atoms with E-state index in [9.17, 15) is 4.79 Å². The summed E-state index contributed by atoms with van der Waals surface area (Å²) in [6.45, 7) is 0.642. The molecule has 6 heteroatoms. The van der Waals surface area contributed by atoms with Crippen LogP contribution in [0.1, 0.15) is 23.3 Å². The highest BCUT2D eigenvalue weighted by atomic mass is 35.5. The van der Waals surface area contributed by atoms with Crippen molar-refractivity contribution < 1.29 is 4.79 Å². The number of carbonyl (C=O) groups is 1. The highest BCUT2D eigenvalue weighted by molar-refractivity contribution is 7.03. The van der Waals surface area contributed by atoms with Gasteiger partial charge in [0, 0.05) is 17.8 Å². The van der Waals surface area contributed by atoms with Crippen LogP contribution in [0.3, 0.4) is 0 Å². The molecular weight excluding hydrogens is 210 g/mol. The maximum atomic E-state index is 11.2. The second-order valence-corrected chi connectivity index (χ2v) is 3.43. The van der Waals surface area contributed by atoms with Crippen LogP contribution in [0.5, 0.6) is 0 Å². The second kappa shape index (κ2) is 5.88. The molecule has 1 aromatic rings. The highest BCUT2D eigenvalue weighted by Gasteiger charge is 2.06. The van der Waals surface area contributed by atoms with Crippen molar-refractivity contribution in [3.05, 3.63) is 11.1 Å². The van der Waals surface area contributed by atoms with Crippen LogP contribution < -0.4 is 5.32 Å². The summed E-state index contributed by atoms with van der Waals surface area (Å²) in [6.07, 6.45) is 1.81. The van der Waals surface area contributed by atoms with Crippen LogP contribution in [0.15, 0.2) is 5.38 Å². The molecule has 72 valence electrons. The van der Waals surface area contributed by atoms with E-state index in [4.69, 9.17) is 11.6 Å². The number of rotatable bonds is 5. The average molecular weight is 220 g/mol. The van der Waals surface area contributed by atoms with Crippen LogP contribution in [0.25, 0.3) is 0 Å². The Kier molecular flexibility index (Phi) is 4.70. The van der Waals surface area contributed by atoms with Crippen LogP contribution >= 0.6 is 23.1 Å². The molecular formula is C7H10ClN3OS. The molecule has 0 bridgehead atoms. The van der Waals surface area contributed by atoms with Crippen LogP contribution in [0.2, 0.25) is 0 Å². The molecule has 0 saturated carbocycles. The van der Waals surface area contributed by atoms with Gasteiger partial charge in [0.1, 0.15) is 0 Å². The fraction of sp³-hybridized carbons (Fsp3) is 0.571. The van der Waals surface area contributed by atoms with Crippen LogP contribution in [0, 0.1) is 0 Å². The van der Waals surface area contributed by atoms with Crippen LogP contribution in [-0.4, -0.2) is 27.9 Å². The zero-order chi connectivity index (χ0) is 9.52. The number of aromatic nitrogens is 2. The first-order chi connectivity index (χ1) is 6.34. The Morgan fingerprint density at radius 3 is 3.08 bits per heavy atom. The number of nitrogens with zero attached hydrogens (tertiary/aromatic N) is 2. The SMILES string of the molecule is O=C(NCCCCCl)c1csnn1. The quantitative estimate of drug-likeness (QED) is 0.600. The Balaban J connectivity index is 2.19. The van der Waals surface area contributed by atoms with Gasteiger partial charge in [-0.15, -0.1) is 16.7 Å². The predicted octanol–water partition coefficient (Wildman–Crippen LogP) is 1.29. The minimum Gasteiger partial charge on any atom is -0.351 e. The van der Waals surface area contributed by atoms with Crippen molar-refractivity contribution in [2.24, 2.45) is 0 Å². The molecule has 0 spiro atoms. The fourth-order valence-corrected chi connectivity index (χ4v) is 1.40. The lowest BCUT2D eigenvalue weighted by Gasteiger charge is -2.00. The summed E-state index contributed by atoms with van der Waals surface area (Å²) in [5, 5.41) is 7.99. The molecule has 1 heterocycles. The van der Waals surface area contributed by atoms with E-state index in [-0.39, 0.29) is 5.91 Å². The van der Waals surface area contributed by atoms with Gasteiger partial charge in [-0.3, -0.25) is 4.79 Å². The first-order valence-corrected chi connectivity index (χ1v) is 5.33. The number of hydrogen-bond donors (Lipinski definition) is 1. The molecule has 0 saturated heterocycles. The van der Waals surface area contributed by atoms with Gasteiger partial charge in [0.25, 0.3) is 5.91 Å². The van der Waals surface area contributed by atoms with Crippen LogP contribution in [0.4, 0.5) is 0 Å². The number of halogens is 1. The number of alkyl halides is 1. The maximum absolute atomic E-state index is 11.2. The number of amides is 1. The number of carbonyl (C=O) groups excluding carboxylic acids is 1. The zero-order valence-electron chi connectivity index (χ0n) is 6.99. The molecule has 0 aliphatic heterocycles. The van der Waals surface area contributed by atoms with E-state index in [0.29, 0.717) is 18.1 Å². The molecule has 1 N–H and O–H groups in total. The molecule has 0 radical (unpaired) electrons. The van der Waals surface area contributed by atoms with Gasteiger partial charge in [0.2, 0.25) is 0 Å². The van der Waals surface area contributed by atoms with E-state index in [0.717, 1.165) is 12.8 Å². The van der Waals surface area contributed by atoms with E-state index in [1.54, 1.807) is 5.38 Å². The molecule has 0 atom stereocenters. The lowest BCUT2D eigenvalue weighted by molar-refractivity contribution is 0.0948. The summed E-state index contributed by atoms with van der Waals surface area (Å²) >= 11 is 6.65.